The number of aryl methyl sites for hydroxylation is 1. The number of urea groups is 1. The van der Waals surface area contributed by atoms with Gasteiger partial charge < -0.3 is 20.1 Å². The van der Waals surface area contributed by atoms with Gasteiger partial charge in [-0.05, 0) is 74.7 Å². The Balaban J connectivity index is 0.915. The molecule has 288 valence electrons. The van der Waals surface area contributed by atoms with Gasteiger partial charge in [-0.1, -0.05) is 0 Å². The Bertz CT molecular complexity index is 2360. The Hall–Kier alpha value is -5.68. The summed E-state index contributed by atoms with van der Waals surface area (Å²) in [5, 5.41) is 7.53. The second kappa shape index (κ2) is 14.9. The van der Waals surface area contributed by atoms with Gasteiger partial charge in [-0.25, -0.2) is 22.9 Å². The summed E-state index contributed by atoms with van der Waals surface area (Å²) in [5.74, 6) is -2.96. The van der Waals surface area contributed by atoms with Gasteiger partial charge in [-0.3, -0.25) is 34.0 Å². The first-order chi connectivity index (χ1) is 26.5. The Kier molecular flexibility index (Phi) is 9.81. The van der Waals surface area contributed by atoms with Crippen LogP contribution >= 0.6 is 0 Å². The summed E-state index contributed by atoms with van der Waals surface area (Å²) < 4.78 is 59.3. The van der Waals surface area contributed by atoms with Crippen molar-refractivity contribution in [2.45, 2.75) is 44.2 Å². The van der Waals surface area contributed by atoms with E-state index in [-0.39, 0.29) is 53.3 Å². The highest BCUT2D eigenvalue weighted by molar-refractivity contribution is 6.09. The molecule has 1 unspecified atom stereocenters. The highest BCUT2D eigenvalue weighted by atomic mass is 19.1. The smallest absolute Gasteiger partial charge is 0.329 e. The molecule has 14 nitrogen and oxygen atoms in total. The lowest BCUT2D eigenvalue weighted by Crippen LogP contribution is -2.49. The number of nitrogens with zero attached hydrogens (tertiary/aromatic N) is 7. The number of piperidine rings is 1. The molecule has 3 fully saturated rings. The molecule has 3 amide bonds. The highest BCUT2D eigenvalue weighted by Gasteiger charge is 2.31. The van der Waals surface area contributed by atoms with Crippen LogP contribution in [0.1, 0.15) is 38.1 Å². The third-order valence-corrected chi connectivity index (χ3v) is 10.8. The van der Waals surface area contributed by atoms with Crippen molar-refractivity contribution in [1.82, 2.24) is 29.5 Å². The Morgan fingerprint density at radius 2 is 1.73 bits per heavy atom. The number of amides is 3. The zero-order valence-electron chi connectivity index (χ0n) is 30.1. The number of aromatic nitrogens is 4. The number of rotatable bonds is 6. The fourth-order valence-corrected chi connectivity index (χ4v) is 7.84. The normalized spacial score (nSPS) is 19.4. The molecule has 5 aromatic rings. The maximum Gasteiger partial charge on any atom is 0.329 e. The third kappa shape index (κ3) is 7.04. The maximum atomic E-state index is 15.7. The molecule has 3 aromatic carbocycles. The average molecular weight is 760 g/mol. The minimum Gasteiger partial charge on any atom is -0.451 e. The minimum absolute atomic E-state index is 0.0670. The Labute approximate surface area is 313 Å². The van der Waals surface area contributed by atoms with Crippen LogP contribution < -0.4 is 31.1 Å². The van der Waals surface area contributed by atoms with Gasteiger partial charge in [0.1, 0.15) is 11.6 Å². The van der Waals surface area contributed by atoms with Crippen molar-refractivity contribution in [3.63, 3.8) is 0 Å². The summed E-state index contributed by atoms with van der Waals surface area (Å²) in [6, 6.07) is 9.20. The van der Waals surface area contributed by atoms with E-state index in [9.17, 15) is 23.2 Å². The fourth-order valence-electron chi connectivity index (χ4n) is 7.84. The van der Waals surface area contributed by atoms with E-state index in [1.54, 1.807) is 28.4 Å². The lowest BCUT2D eigenvalue weighted by atomic mass is 10.0. The fraction of sp³-hybridized carbons (Fsp3) is 0.395. The maximum absolute atomic E-state index is 15.7. The van der Waals surface area contributed by atoms with Crippen LogP contribution in [0.4, 0.5) is 35.2 Å². The van der Waals surface area contributed by atoms with Crippen molar-refractivity contribution in [1.29, 1.82) is 0 Å². The van der Waals surface area contributed by atoms with Crippen molar-refractivity contribution in [3.05, 3.63) is 76.6 Å². The average Bonchev–Trinajstić information content (AvgIpc) is 3.55. The first-order valence-corrected chi connectivity index (χ1v) is 18.3. The van der Waals surface area contributed by atoms with Crippen LogP contribution in [0.15, 0.2) is 53.6 Å². The van der Waals surface area contributed by atoms with Crippen molar-refractivity contribution in [2.75, 3.05) is 61.5 Å². The second-order valence-electron chi connectivity index (χ2n) is 14.2. The van der Waals surface area contributed by atoms with Gasteiger partial charge in [-0.2, -0.15) is 5.10 Å². The molecule has 8 rings (SSSR count). The van der Waals surface area contributed by atoms with Gasteiger partial charge in [0.25, 0.3) is 5.56 Å². The molecule has 0 spiro atoms. The van der Waals surface area contributed by atoms with Gasteiger partial charge in [0.2, 0.25) is 11.7 Å². The van der Waals surface area contributed by atoms with Crippen LogP contribution in [-0.4, -0.2) is 88.1 Å². The summed E-state index contributed by atoms with van der Waals surface area (Å²) in [6.07, 6.45) is 4.75. The van der Waals surface area contributed by atoms with Crippen LogP contribution in [0.5, 0.6) is 11.5 Å². The molecule has 2 aromatic heterocycles. The van der Waals surface area contributed by atoms with E-state index < -0.39 is 29.2 Å². The molecule has 55 heavy (non-hydrogen) atoms. The number of fused-ring (bicyclic) bond motifs is 2. The van der Waals surface area contributed by atoms with E-state index >= 15 is 4.39 Å². The van der Waals surface area contributed by atoms with Crippen LogP contribution in [-0.2, 0) is 16.6 Å². The zero-order chi connectivity index (χ0) is 38.4. The predicted molar refractivity (Wildman–Crippen MR) is 199 cm³/mol. The summed E-state index contributed by atoms with van der Waals surface area (Å²) in [5.41, 5.74) is 6.59. The number of imide groups is 1. The quantitative estimate of drug-likeness (QED) is 0.230. The van der Waals surface area contributed by atoms with Gasteiger partial charge in [0, 0.05) is 51.1 Å². The van der Waals surface area contributed by atoms with Crippen molar-refractivity contribution in [3.8, 4) is 11.5 Å². The zero-order valence-corrected chi connectivity index (χ0v) is 30.1. The van der Waals surface area contributed by atoms with Gasteiger partial charge in [-0.15, -0.1) is 0 Å². The molecule has 0 radical (unpaired) electrons. The number of hydrogen-bond donors (Lipinski definition) is 2. The number of nitrogen functional groups attached to an aromatic ring is 1. The molecule has 17 heteroatoms. The van der Waals surface area contributed by atoms with Gasteiger partial charge >= 0.3 is 6.03 Å². The summed E-state index contributed by atoms with van der Waals surface area (Å²) in [7, 11) is 1.75. The number of carbonyl (C=O) groups excluding carboxylic acids is 2. The van der Waals surface area contributed by atoms with Gasteiger partial charge in [0.15, 0.2) is 17.5 Å². The predicted octanol–water partition coefficient (Wildman–Crippen LogP) is 4.84. The SMILES string of the molecule is Cn1nc(N2CCC(=O)NC2=O)c2cc(F)c(N3CCC(N4CCCC(n5cnc6ccc(Oc7c(F)ccc(N)c7F)cc6c5=O)COCC4)CC3)cc21. The first-order valence-electron chi connectivity index (χ1n) is 18.3. The van der Waals surface area contributed by atoms with Crippen LogP contribution in [0, 0.1) is 17.5 Å². The highest BCUT2D eigenvalue weighted by Crippen LogP contribution is 2.35. The number of carbonyl (C=O) groups is 2. The third-order valence-electron chi connectivity index (χ3n) is 10.8. The second-order valence-corrected chi connectivity index (χ2v) is 14.2. The largest absolute Gasteiger partial charge is 0.451 e. The standard InChI is InChI=1S/C38H40F3N9O5/c1-46-31-19-32(28(40)18-26(31)36(45-46)49-14-10-33(51)44-38(49)53)48-12-8-22(9-13-48)47-11-2-3-23(20-54-16-15-47)50-21-43-30-7-4-24(17-25(30)37(50)52)55-35-27(39)5-6-29(42)34(35)41/h4-7,17-19,21-23H,2-3,8-16,20,42H2,1H3,(H,44,51,53). The number of ether oxygens (including phenoxy) is 2. The monoisotopic (exact) mass is 759 g/mol. The van der Waals surface area contributed by atoms with Crippen molar-refractivity contribution < 1.29 is 32.2 Å². The molecule has 3 aliphatic heterocycles. The van der Waals surface area contributed by atoms with Crippen LogP contribution in [0.25, 0.3) is 21.8 Å². The Morgan fingerprint density at radius 3 is 2.53 bits per heavy atom. The molecule has 5 heterocycles. The number of hydrogen-bond acceptors (Lipinski definition) is 10. The van der Waals surface area contributed by atoms with Crippen LogP contribution in [0.2, 0.25) is 0 Å². The van der Waals surface area contributed by atoms with Crippen molar-refractivity contribution in [2.24, 2.45) is 7.05 Å². The number of halogens is 3. The molecule has 3 aliphatic rings. The number of nitrogens with two attached hydrogens (primary N) is 1. The molecule has 3 saturated heterocycles. The number of benzene rings is 3. The topological polar surface area (TPSA) is 153 Å². The number of nitrogens with one attached hydrogen (secondary N) is 1. The minimum atomic E-state index is -1.02. The summed E-state index contributed by atoms with van der Waals surface area (Å²) in [4.78, 5) is 48.2. The Morgan fingerprint density at radius 1 is 0.909 bits per heavy atom. The molecular weight excluding hydrogens is 719 g/mol. The molecule has 1 atom stereocenters. The van der Waals surface area contributed by atoms with E-state index in [1.807, 2.05) is 4.90 Å². The van der Waals surface area contributed by atoms with Crippen LogP contribution in [0.3, 0.4) is 0 Å². The van der Waals surface area contributed by atoms with E-state index in [1.165, 1.54) is 29.4 Å². The van der Waals surface area contributed by atoms with E-state index in [0.717, 1.165) is 37.9 Å². The lowest BCUT2D eigenvalue weighted by Gasteiger charge is -2.39. The molecule has 0 aliphatic carbocycles. The van der Waals surface area contributed by atoms with E-state index in [2.05, 4.69) is 20.3 Å². The molecular formula is C38H40F3N9O5. The van der Waals surface area contributed by atoms with Gasteiger partial charge in [0.05, 0.1) is 53.4 Å². The summed E-state index contributed by atoms with van der Waals surface area (Å²) >= 11 is 0. The lowest BCUT2D eigenvalue weighted by molar-refractivity contribution is -0.120. The van der Waals surface area contributed by atoms with E-state index in [4.69, 9.17) is 15.2 Å². The molecule has 0 bridgehead atoms. The van der Waals surface area contributed by atoms with Crippen molar-refractivity contribution >= 4 is 50.9 Å². The molecule has 0 saturated carbocycles. The number of anilines is 3. The summed E-state index contributed by atoms with van der Waals surface area (Å²) in [6.45, 7) is 3.76. The van der Waals surface area contributed by atoms with E-state index in [0.29, 0.717) is 67.2 Å². The first kappa shape index (κ1) is 36.3. The molecule has 3 N–H and O–H groups in total.